The molecule has 0 amide bonds. The Morgan fingerprint density at radius 3 is 2.17 bits per heavy atom. The Labute approximate surface area is 111 Å². The molecular weight excluding hydrogens is 220 g/mol. The van der Waals surface area contributed by atoms with E-state index in [2.05, 4.69) is 42.6 Å². The summed E-state index contributed by atoms with van der Waals surface area (Å²) in [5.74, 6) is 0. The van der Waals surface area contributed by atoms with Crippen molar-refractivity contribution in [3.8, 4) is 6.07 Å². The summed E-state index contributed by atoms with van der Waals surface area (Å²) in [4.78, 5) is 0. The summed E-state index contributed by atoms with van der Waals surface area (Å²) in [6, 6.07) is 11.2. The molecule has 0 atom stereocenters. The lowest BCUT2D eigenvalue weighted by atomic mass is 9.96. The fourth-order valence-corrected chi connectivity index (χ4v) is 1.83. The molecule has 0 bridgehead atoms. The number of benzene rings is 1. The highest BCUT2D eigenvalue weighted by molar-refractivity contribution is 5.22. The molecule has 1 N–H and O–H groups in total. The Bertz CT molecular complexity index is 385. The van der Waals surface area contributed by atoms with Gasteiger partial charge in [0, 0.05) is 6.54 Å². The monoisotopic (exact) mass is 244 g/mol. The Morgan fingerprint density at radius 1 is 1.11 bits per heavy atom. The first-order valence-corrected chi connectivity index (χ1v) is 6.77. The van der Waals surface area contributed by atoms with Crippen LogP contribution in [0.4, 0.5) is 0 Å². The van der Waals surface area contributed by atoms with Gasteiger partial charge in [-0.3, -0.25) is 0 Å². The van der Waals surface area contributed by atoms with Gasteiger partial charge < -0.3 is 5.32 Å². The third kappa shape index (κ3) is 5.33. The van der Waals surface area contributed by atoms with Crippen LogP contribution >= 0.6 is 0 Å². The summed E-state index contributed by atoms with van der Waals surface area (Å²) in [7, 11) is 0. The van der Waals surface area contributed by atoms with Gasteiger partial charge in [0.25, 0.3) is 0 Å². The minimum atomic E-state index is -0.273. The molecule has 1 aromatic carbocycles. The molecule has 0 aromatic heterocycles. The van der Waals surface area contributed by atoms with Gasteiger partial charge in [-0.25, -0.2) is 0 Å². The van der Waals surface area contributed by atoms with E-state index >= 15 is 0 Å². The van der Waals surface area contributed by atoms with Gasteiger partial charge in [-0.1, -0.05) is 37.6 Å². The van der Waals surface area contributed by atoms with E-state index in [9.17, 15) is 0 Å². The lowest BCUT2D eigenvalue weighted by Crippen LogP contribution is -2.29. The maximum absolute atomic E-state index is 8.90. The van der Waals surface area contributed by atoms with Crippen LogP contribution in [0.5, 0.6) is 0 Å². The van der Waals surface area contributed by atoms with Crippen molar-refractivity contribution in [2.45, 2.75) is 40.0 Å². The molecule has 0 fully saturated rings. The quantitative estimate of drug-likeness (QED) is 0.747. The van der Waals surface area contributed by atoms with Crippen molar-refractivity contribution >= 4 is 0 Å². The molecule has 0 aliphatic carbocycles. The molecule has 0 saturated carbocycles. The third-order valence-corrected chi connectivity index (χ3v) is 3.02. The summed E-state index contributed by atoms with van der Waals surface area (Å²) in [6.45, 7) is 7.80. The number of nitriles is 1. The lowest BCUT2D eigenvalue weighted by molar-refractivity contribution is 0.447. The molecule has 0 saturated heterocycles. The van der Waals surface area contributed by atoms with Crippen LogP contribution in [-0.4, -0.2) is 13.1 Å². The molecule has 0 heterocycles. The van der Waals surface area contributed by atoms with Gasteiger partial charge in [-0.15, -0.1) is 0 Å². The second-order valence-corrected chi connectivity index (χ2v) is 5.49. The van der Waals surface area contributed by atoms with E-state index in [1.54, 1.807) is 0 Å². The molecule has 0 spiro atoms. The van der Waals surface area contributed by atoms with Crippen LogP contribution in [0.3, 0.4) is 0 Å². The second-order valence-electron chi connectivity index (χ2n) is 5.49. The van der Waals surface area contributed by atoms with Crippen LogP contribution in [0.2, 0.25) is 0 Å². The van der Waals surface area contributed by atoms with Crippen LogP contribution in [0.1, 0.15) is 38.3 Å². The summed E-state index contributed by atoms with van der Waals surface area (Å²) in [5.41, 5.74) is 2.50. The first kappa shape index (κ1) is 14.7. The Hall–Kier alpha value is -1.33. The zero-order valence-corrected chi connectivity index (χ0v) is 11.8. The van der Waals surface area contributed by atoms with Crippen molar-refractivity contribution in [2.75, 3.05) is 13.1 Å². The van der Waals surface area contributed by atoms with Crippen molar-refractivity contribution in [1.82, 2.24) is 5.32 Å². The van der Waals surface area contributed by atoms with E-state index in [0.29, 0.717) is 0 Å². The maximum Gasteiger partial charge on any atom is 0.0697 e. The summed E-state index contributed by atoms with van der Waals surface area (Å²) < 4.78 is 0. The smallest absolute Gasteiger partial charge is 0.0697 e. The number of hydrogen-bond acceptors (Lipinski definition) is 2. The number of hydrogen-bond donors (Lipinski definition) is 1. The summed E-state index contributed by atoms with van der Waals surface area (Å²) >= 11 is 0. The zero-order chi connectivity index (χ0) is 13.4. The maximum atomic E-state index is 8.90. The van der Waals surface area contributed by atoms with Crippen molar-refractivity contribution in [3.63, 3.8) is 0 Å². The molecule has 18 heavy (non-hydrogen) atoms. The van der Waals surface area contributed by atoms with Crippen LogP contribution < -0.4 is 5.32 Å². The second kappa shape index (κ2) is 7.18. The predicted molar refractivity (Wildman–Crippen MR) is 76.4 cm³/mol. The molecular formula is C16H24N2. The molecule has 1 rings (SSSR count). The van der Waals surface area contributed by atoms with E-state index in [-0.39, 0.29) is 5.41 Å². The Morgan fingerprint density at radius 2 is 1.67 bits per heavy atom. The van der Waals surface area contributed by atoms with Crippen molar-refractivity contribution in [2.24, 2.45) is 5.41 Å². The number of nitrogens with zero attached hydrogens (tertiary/aromatic N) is 1. The van der Waals surface area contributed by atoms with Gasteiger partial charge >= 0.3 is 0 Å². The predicted octanol–water partition coefficient (Wildman–Crippen LogP) is 3.32. The Balaban J connectivity index is 2.30. The molecule has 1 aromatic rings. The number of aryl methyl sites for hydroxylation is 1. The van der Waals surface area contributed by atoms with Gasteiger partial charge in [0.15, 0.2) is 0 Å². The molecule has 2 nitrogen and oxygen atoms in total. The highest BCUT2D eigenvalue weighted by atomic mass is 14.9. The minimum absolute atomic E-state index is 0.273. The fourth-order valence-electron chi connectivity index (χ4n) is 1.83. The van der Waals surface area contributed by atoms with E-state index in [1.165, 1.54) is 17.5 Å². The molecule has 2 heteroatoms. The molecule has 0 unspecified atom stereocenters. The fraction of sp³-hybridized carbons (Fsp3) is 0.562. The van der Waals surface area contributed by atoms with Gasteiger partial charge in [0.05, 0.1) is 11.5 Å². The average Bonchev–Trinajstić information content (AvgIpc) is 2.37. The van der Waals surface area contributed by atoms with E-state index < -0.39 is 0 Å². The number of rotatable bonds is 7. The largest absolute Gasteiger partial charge is 0.315 e. The topological polar surface area (TPSA) is 35.8 Å². The van der Waals surface area contributed by atoms with E-state index in [4.69, 9.17) is 5.26 Å². The highest BCUT2D eigenvalue weighted by Gasteiger charge is 2.14. The third-order valence-electron chi connectivity index (χ3n) is 3.02. The molecule has 0 radical (unpaired) electrons. The van der Waals surface area contributed by atoms with Crippen LogP contribution in [0.25, 0.3) is 0 Å². The normalized spacial score (nSPS) is 11.2. The van der Waals surface area contributed by atoms with Crippen LogP contribution in [0, 0.1) is 16.7 Å². The van der Waals surface area contributed by atoms with Gasteiger partial charge in [-0.2, -0.15) is 5.26 Å². The van der Waals surface area contributed by atoms with Crippen LogP contribution in [-0.2, 0) is 12.8 Å². The van der Waals surface area contributed by atoms with E-state index in [1.807, 2.05) is 13.8 Å². The lowest BCUT2D eigenvalue weighted by Gasteiger charge is -2.15. The summed E-state index contributed by atoms with van der Waals surface area (Å²) in [6.07, 6.45) is 3.38. The number of nitrogens with one attached hydrogen (secondary N) is 1. The van der Waals surface area contributed by atoms with Crippen LogP contribution in [0.15, 0.2) is 24.3 Å². The van der Waals surface area contributed by atoms with Gasteiger partial charge in [0.2, 0.25) is 0 Å². The summed E-state index contributed by atoms with van der Waals surface area (Å²) in [5, 5.41) is 12.2. The van der Waals surface area contributed by atoms with E-state index in [0.717, 1.165) is 25.9 Å². The minimum Gasteiger partial charge on any atom is -0.315 e. The first-order chi connectivity index (χ1) is 8.57. The molecule has 0 aliphatic heterocycles. The van der Waals surface area contributed by atoms with Crippen molar-refractivity contribution < 1.29 is 0 Å². The molecule has 0 aliphatic rings. The SMILES string of the molecule is CCCc1ccc(CCNCC(C)(C)C#N)cc1. The Kier molecular flexibility index (Phi) is 5.88. The molecule has 98 valence electrons. The van der Waals surface area contributed by atoms with Gasteiger partial charge in [-0.05, 0) is 44.4 Å². The average molecular weight is 244 g/mol. The van der Waals surface area contributed by atoms with Crippen molar-refractivity contribution in [3.05, 3.63) is 35.4 Å². The highest BCUT2D eigenvalue weighted by Crippen LogP contribution is 2.11. The van der Waals surface area contributed by atoms with Crippen molar-refractivity contribution in [1.29, 1.82) is 5.26 Å². The first-order valence-electron chi connectivity index (χ1n) is 6.77. The zero-order valence-electron chi connectivity index (χ0n) is 11.8. The standard InChI is InChI=1S/C16H24N2/c1-4-5-14-6-8-15(9-7-14)10-11-18-13-16(2,3)12-17/h6-9,18H,4-5,10-11,13H2,1-3H3. The van der Waals surface area contributed by atoms with Gasteiger partial charge in [0.1, 0.15) is 0 Å².